The van der Waals surface area contributed by atoms with Gasteiger partial charge in [-0.25, -0.2) is 9.18 Å². The number of carboxylic acid groups (broad SMARTS) is 1. The molecule has 0 radical (unpaired) electrons. The van der Waals surface area contributed by atoms with Crippen molar-refractivity contribution in [1.29, 1.82) is 0 Å². The number of halogens is 4. The predicted octanol–water partition coefficient (Wildman–Crippen LogP) is 2.51. The van der Waals surface area contributed by atoms with Gasteiger partial charge in [0.25, 0.3) is 0 Å². The van der Waals surface area contributed by atoms with Gasteiger partial charge in [0.15, 0.2) is 11.6 Å². The van der Waals surface area contributed by atoms with Crippen molar-refractivity contribution in [3.8, 4) is 5.75 Å². The Morgan fingerprint density at radius 2 is 2.16 bits per heavy atom. The highest BCUT2D eigenvalue weighted by atomic mass is 35.5. The van der Waals surface area contributed by atoms with E-state index < -0.39 is 29.2 Å². The molecule has 0 spiro atoms. The summed E-state index contributed by atoms with van der Waals surface area (Å²) in [6.45, 7) is -3.49. The minimum atomic E-state index is -3.22. The molecule has 1 rings (SSSR count). The van der Waals surface area contributed by atoms with Crippen LogP contribution in [-0.2, 0) is 4.79 Å². The summed E-state index contributed by atoms with van der Waals surface area (Å²) in [6.07, 6.45) is 1.09. The van der Waals surface area contributed by atoms with E-state index in [-0.39, 0.29) is 17.7 Å². The van der Waals surface area contributed by atoms with Gasteiger partial charge in [-0.15, -0.1) is 0 Å². The predicted molar refractivity (Wildman–Crippen MR) is 62.7 cm³/mol. The number of aliphatic carboxylic acids is 1. The van der Waals surface area contributed by atoms with Gasteiger partial charge in [0, 0.05) is 6.54 Å². The third-order valence-corrected chi connectivity index (χ3v) is 2.34. The fourth-order valence-electron chi connectivity index (χ4n) is 1.27. The van der Waals surface area contributed by atoms with E-state index in [4.69, 9.17) is 22.4 Å². The molecule has 1 aromatic rings. The summed E-state index contributed by atoms with van der Waals surface area (Å²) < 4.78 is 41.4. The Balaban J connectivity index is 3.17. The van der Waals surface area contributed by atoms with Crippen molar-refractivity contribution in [3.05, 3.63) is 34.1 Å². The lowest BCUT2D eigenvalue weighted by Gasteiger charge is -2.09. The van der Waals surface area contributed by atoms with Gasteiger partial charge in [-0.1, -0.05) is 11.6 Å². The van der Waals surface area contributed by atoms with Crippen LogP contribution in [0.2, 0.25) is 5.02 Å². The number of alkyl halides is 2. The number of ether oxygens (including phenoxy) is 1. The van der Waals surface area contributed by atoms with Crippen LogP contribution in [0.4, 0.5) is 13.2 Å². The Morgan fingerprint density at radius 1 is 1.53 bits per heavy atom. The number of hydrogen-bond donors (Lipinski definition) is 2. The molecule has 0 saturated heterocycles. The molecular weight excluding hydrogens is 287 g/mol. The van der Waals surface area contributed by atoms with Crippen LogP contribution in [0, 0.1) is 5.82 Å². The van der Waals surface area contributed by atoms with Crippen LogP contribution < -0.4 is 10.5 Å². The topological polar surface area (TPSA) is 72.5 Å². The fraction of sp³-hybridized carbons (Fsp3) is 0.182. The molecule has 3 N–H and O–H groups in total. The Bertz CT molecular complexity index is 497. The van der Waals surface area contributed by atoms with Gasteiger partial charge < -0.3 is 15.6 Å². The minimum Gasteiger partial charge on any atom is -0.478 e. The summed E-state index contributed by atoms with van der Waals surface area (Å²) >= 11 is 5.58. The Kier molecular flexibility index (Phi) is 5.20. The molecule has 1 aromatic carbocycles. The van der Waals surface area contributed by atoms with Gasteiger partial charge in [-0.3, -0.25) is 0 Å². The van der Waals surface area contributed by atoms with Crippen molar-refractivity contribution in [1.82, 2.24) is 0 Å². The van der Waals surface area contributed by atoms with Gasteiger partial charge in [0.2, 0.25) is 0 Å². The average molecular weight is 296 g/mol. The molecule has 19 heavy (non-hydrogen) atoms. The van der Waals surface area contributed by atoms with Crippen molar-refractivity contribution in [3.63, 3.8) is 0 Å². The van der Waals surface area contributed by atoms with E-state index in [2.05, 4.69) is 4.74 Å². The van der Waals surface area contributed by atoms with Gasteiger partial charge in [-0.2, -0.15) is 8.78 Å². The van der Waals surface area contributed by atoms with Crippen molar-refractivity contribution in [2.75, 3.05) is 6.54 Å². The van der Waals surface area contributed by atoms with Crippen LogP contribution >= 0.6 is 11.6 Å². The van der Waals surface area contributed by atoms with Crippen LogP contribution in [-0.4, -0.2) is 24.2 Å². The largest absolute Gasteiger partial charge is 0.478 e. The lowest BCUT2D eigenvalue weighted by atomic mass is 10.1. The standard InChI is InChI=1S/C11H9ClF3NO3/c12-7-2-5(1-6(4-16)10(17)18)3-8(13)9(7)19-11(14)15/h1-3,11H,4,16H2,(H,17,18). The van der Waals surface area contributed by atoms with E-state index in [1.165, 1.54) is 0 Å². The van der Waals surface area contributed by atoms with Crippen LogP contribution in [0.3, 0.4) is 0 Å². The zero-order chi connectivity index (χ0) is 14.6. The molecule has 0 heterocycles. The van der Waals surface area contributed by atoms with Crippen molar-refractivity contribution >= 4 is 23.6 Å². The third kappa shape index (κ3) is 4.15. The van der Waals surface area contributed by atoms with Gasteiger partial charge in [-0.05, 0) is 23.8 Å². The van der Waals surface area contributed by atoms with E-state index in [0.717, 1.165) is 18.2 Å². The fourth-order valence-corrected chi connectivity index (χ4v) is 1.53. The molecule has 0 atom stereocenters. The van der Waals surface area contributed by atoms with E-state index in [1.807, 2.05) is 0 Å². The van der Waals surface area contributed by atoms with Crippen LogP contribution in [0.15, 0.2) is 17.7 Å². The van der Waals surface area contributed by atoms with Crippen molar-refractivity contribution in [2.24, 2.45) is 5.73 Å². The summed E-state index contributed by atoms with van der Waals surface area (Å²) in [7, 11) is 0. The second-order valence-electron chi connectivity index (χ2n) is 3.37. The number of carboxylic acids is 1. The summed E-state index contributed by atoms with van der Waals surface area (Å²) in [6, 6.07) is 1.92. The Hall–Kier alpha value is -1.73. The first-order valence-electron chi connectivity index (χ1n) is 4.93. The van der Waals surface area contributed by atoms with E-state index in [9.17, 15) is 18.0 Å². The maximum Gasteiger partial charge on any atom is 0.387 e. The zero-order valence-electron chi connectivity index (χ0n) is 9.37. The van der Waals surface area contributed by atoms with Gasteiger partial charge >= 0.3 is 12.6 Å². The normalized spacial score (nSPS) is 11.8. The first kappa shape index (κ1) is 15.3. The highest BCUT2D eigenvalue weighted by molar-refractivity contribution is 6.32. The number of benzene rings is 1. The van der Waals surface area contributed by atoms with Gasteiger partial charge in [0.05, 0.1) is 10.6 Å². The molecule has 0 amide bonds. The molecule has 104 valence electrons. The van der Waals surface area contributed by atoms with Crippen molar-refractivity contribution < 1.29 is 27.8 Å². The van der Waals surface area contributed by atoms with Crippen LogP contribution in [0.25, 0.3) is 6.08 Å². The quantitative estimate of drug-likeness (QED) is 0.819. The lowest BCUT2D eigenvalue weighted by molar-refractivity contribution is -0.132. The lowest BCUT2D eigenvalue weighted by Crippen LogP contribution is -2.11. The molecular formula is C11H9ClF3NO3. The van der Waals surface area contributed by atoms with E-state index in [1.54, 1.807) is 0 Å². The third-order valence-electron chi connectivity index (χ3n) is 2.06. The first-order chi connectivity index (χ1) is 8.85. The molecule has 0 saturated carbocycles. The second kappa shape index (κ2) is 6.44. The SMILES string of the molecule is NCC(=Cc1cc(F)c(OC(F)F)c(Cl)c1)C(=O)O. The van der Waals surface area contributed by atoms with Crippen LogP contribution in [0.1, 0.15) is 5.56 Å². The van der Waals surface area contributed by atoms with E-state index in [0.29, 0.717) is 0 Å². The maximum atomic E-state index is 13.5. The first-order valence-corrected chi connectivity index (χ1v) is 5.30. The summed E-state index contributed by atoms with van der Waals surface area (Å²) in [4.78, 5) is 10.7. The number of nitrogens with two attached hydrogens (primary N) is 1. The molecule has 0 unspecified atom stereocenters. The Labute approximate surface area is 111 Å². The molecule has 0 bridgehead atoms. The minimum absolute atomic E-state index is 0.0759. The van der Waals surface area contributed by atoms with Crippen LogP contribution in [0.5, 0.6) is 5.75 Å². The smallest absolute Gasteiger partial charge is 0.387 e. The molecule has 0 aromatic heterocycles. The summed E-state index contributed by atoms with van der Waals surface area (Å²) in [5.41, 5.74) is 5.09. The highest BCUT2D eigenvalue weighted by Gasteiger charge is 2.15. The average Bonchev–Trinajstić information content (AvgIpc) is 2.30. The summed E-state index contributed by atoms with van der Waals surface area (Å²) in [5, 5.41) is 8.35. The molecule has 4 nitrogen and oxygen atoms in total. The maximum absolute atomic E-state index is 13.5. The molecule has 0 aliphatic heterocycles. The van der Waals surface area contributed by atoms with E-state index >= 15 is 0 Å². The van der Waals surface area contributed by atoms with Crippen molar-refractivity contribution in [2.45, 2.75) is 6.61 Å². The molecule has 0 aliphatic rings. The zero-order valence-corrected chi connectivity index (χ0v) is 10.1. The Morgan fingerprint density at radius 3 is 2.58 bits per heavy atom. The molecule has 0 fully saturated rings. The molecule has 0 aliphatic carbocycles. The monoisotopic (exact) mass is 295 g/mol. The van der Waals surface area contributed by atoms with Gasteiger partial charge in [0.1, 0.15) is 0 Å². The number of rotatable bonds is 5. The highest BCUT2D eigenvalue weighted by Crippen LogP contribution is 2.31. The molecule has 8 heteroatoms. The summed E-state index contributed by atoms with van der Waals surface area (Å²) in [5.74, 6) is -3.19. The number of carbonyl (C=O) groups is 1. The second-order valence-corrected chi connectivity index (χ2v) is 3.78. The number of hydrogen-bond acceptors (Lipinski definition) is 3.